The third-order valence-corrected chi connectivity index (χ3v) is 6.49. The Morgan fingerprint density at radius 1 is 1.10 bits per heavy atom. The third kappa shape index (κ3) is 5.25. The fraction of sp³-hybridized carbons (Fsp3) is 0.609. The lowest BCUT2D eigenvalue weighted by Crippen LogP contribution is -2.47. The van der Waals surface area contributed by atoms with Crippen molar-refractivity contribution in [1.82, 2.24) is 19.6 Å². The van der Waals surface area contributed by atoms with Crippen molar-refractivity contribution in [2.24, 2.45) is 5.92 Å². The molecule has 2 saturated heterocycles. The molecule has 0 N–H and O–H groups in total. The van der Waals surface area contributed by atoms with Gasteiger partial charge < -0.3 is 14.1 Å². The Morgan fingerprint density at radius 3 is 2.35 bits per heavy atom. The summed E-state index contributed by atoms with van der Waals surface area (Å²) >= 11 is 5.41. The number of amides is 1. The van der Waals surface area contributed by atoms with Gasteiger partial charge in [-0.1, -0.05) is 32.9 Å². The summed E-state index contributed by atoms with van der Waals surface area (Å²) in [5.74, 6) is 0.932. The maximum atomic E-state index is 12.7. The Labute approximate surface area is 189 Å². The van der Waals surface area contributed by atoms with Crippen LogP contribution in [0.25, 0.3) is 11.5 Å². The van der Waals surface area contributed by atoms with Gasteiger partial charge >= 0.3 is 0 Å². The van der Waals surface area contributed by atoms with Crippen LogP contribution in [0, 0.1) is 10.8 Å². The average molecular weight is 445 g/mol. The second kappa shape index (κ2) is 9.22. The molecule has 1 aromatic heterocycles. The van der Waals surface area contributed by atoms with Gasteiger partial charge in [0.15, 0.2) is 0 Å². The number of hydrogen-bond acceptors (Lipinski definition) is 6. The van der Waals surface area contributed by atoms with E-state index in [-0.39, 0.29) is 17.2 Å². The number of aromatic nitrogens is 2. The molecule has 2 aliphatic rings. The molecule has 4 rings (SSSR count). The van der Waals surface area contributed by atoms with E-state index in [2.05, 4.69) is 42.9 Å². The summed E-state index contributed by atoms with van der Waals surface area (Å²) in [6, 6.07) is 8.30. The average Bonchev–Trinajstić information content (AvgIpc) is 3.14. The molecule has 2 fully saturated rings. The summed E-state index contributed by atoms with van der Waals surface area (Å²) in [6.45, 7) is 11.6. The highest BCUT2D eigenvalue weighted by Crippen LogP contribution is 2.26. The number of benzene rings is 1. The topological polar surface area (TPSA) is 63.7 Å². The first kappa shape index (κ1) is 22.2. The van der Waals surface area contributed by atoms with Gasteiger partial charge in [-0.15, -0.1) is 5.10 Å². The van der Waals surface area contributed by atoms with Gasteiger partial charge in [-0.05, 0) is 48.2 Å². The first-order valence-electron chi connectivity index (χ1n) is 11.1. The Morgan fingerprint density at radius 2 is 1.74 bits per heavy atom. The van der Waals surface area contributed by atoms with Crippen LogP contribution >= 0.6 is 12.2 Å². The number of carbonyl (C=O) groups is 1. The summed E-state index contributed by atoms with van der Waals surface area (Å²) in [6.07, 6.45) is 1.73. The molecule has 0 unspecified atom stereocenters. The van der Waals surface area contributed by atoms with Crippen LogP contribution in [-0.4, -0.2) is 64.9 Å². The van der Waals surface area contributed by atoms with Gasteiger partial charge in [0, 0.05) is 37.7 Å². The predicted octanol–water partition coefficient (Wildman–Crippen LogP) is 3.70. The summed E-state index contributed by atoms with van der Waals surface area (Å²) < 4.78 is 12.9. The Kier molecular flexibility index (Phi) is 6.60. The van der Waals surface area contributed by atoms with Gasteiger partial charge in [-0.2, -0.15) is 0 Å². The Balaban J connectivity index is 1.35. The minimum atomic E-state index is 0.105. The number of ether oxygens (including phenoxy) is 1. The van der Waals surface area contributed by atoms with Crippen molar-refractivity contribution in [3.05, 3.63) is 34.7 Å². The molecular formula is C23H32N4O3S. The van der Waals surface area contributed by atoms with Crippen LogP contribution in [-0.2, 0) is 21.6 Å². The number of morpholine rings is 1. The summed E-state index contributed by atoms with van der Waals surface area (Å²) in [4.78, 5) is 17.3. The normalized spacial score (nSPS) is 19.0. The zero-order valence-corrected chi connectivity index (χ0v) is 19.5. The number of piperidine rings is 1. The van der Waals surface area contributed by atoms with Gasteiger partial charge in [-0.25, -0.2) is 4.68 Å². The lowest BCUT2D eigenvalue weighted by Gasteiger charge is -2.35. The minimum Gasteiger partial charge on any atom is -0.409 e. The van der Waals surface area contributed by atoms with E-state index >= 15 is 0 Å². The van der Waals surface area contributed by atoms with Crippen molar-refractivity contribution in [2.45, 2.75) is 45.7 Å². The Hall–Kier alpha value is -2.03. The minimum absolute atomic E-state index is 0.105. The molecule has 0 bridgehead atoms. The first-order chi connectivity index (χ1) is 14.8. The summed E-state index contributed by atoms with van der Waals surface area (Å²) in [5, 5.41) is 4.61. The van der Waals surface area contributed by atoms with E-state index < -0.39 is 0 Å². The second-order valence-electron chi connectivity index (χ2n) is 9.47. The van der Waals surface area contributed by atoms with E-state index in [0.717, 1.165) is 31.5 Å². The highest BCUT2D eigenvalue weighted by Gasteiger charge is 2.29. The summed E-state index contributed by atoms with van der Waals surface area (Å²) in [5.41, 5.74) is 2.30. The smallest absolute Gasteiger partial charge is 0.288 e. The molecule has 3 heterocycles. The van der Waals surface area contributed by atoms with Crippen molar-refractivity contribution in [3.63, 3.8) is 0 Å². The van der Waals surface area contributed by atoms with Crippen LogP contribution in [0.5, 0.6) is 0 Å². The SMILES string of the molecule is CC(C)(C)c1ccc(-c2nn(CN3CCC(C(=O)N4CCOCC4)CC3)c(=S)o2)cc1. The molecule has 0 saturated carbocycles. The molecular weight excluding hydrogens is 412 g/mol. The van der Waals surface area contributed by atoms with Gasteiger partial charge in [-0.3, -0.25) is 9.69 Å². The highest BCUT2D eigenvalue weighted by molar-refractivity contribution is 7.71. The fourth-order valence-corrected chi connectivity index (χ4v) is 4.36. The number of hydrogen-bond donors (Lipinski definition) is 0. The number of rotatable bonds is 4. The van der Waals surface area contributed by atoms with Crippen molar-refractivity contribution < 1.29 is 13.9 Å². The van der Waals surface area contributed by atoms with Gasteiger partial charge in [0.1, 0.15) is 0 Å². The number of carbonyl (C=O) groups excluding carboxylic acids is 1. The molecule has 0 atom stereocenters. The van der Waals surface area contributed by atoms with E-state index in [4.69, 9.17) is 21.4 Å². The maximum absolute atomic E-state index is 12.7. The predicted molar refractivity (Wildman–Crippen MR) is 121 cm³/mol. The van der Waals surface area contributed by atoms with Crippen molar-refractivity contribution >= 4 is 18.1 Å². The molecule has 2 aliphatic heterocycles. The van der Waals surface area contributed by atoms with Crippen LogP contribution < -0.4 is 0 Å². The summed E-state index contributed by atoms with van der Waals surface area (Å²) in [7, 11) is 0. The number of likely N-dealkylation sites (tertiary alicyclic amines) is 1. The lowest BCUT2D eigenvalue weighted by atomic mass is 9.87. The van der Waals surface area contributed by atoms with Crippen LogP contribution in [0.3, 0.4) is 0 Å². The molecule has 0 spiro atoms. The molecule has 8 heteroatoms. The largest absolute Gasteiger partial charge is 0.409 e. The highest BCUT2D eigenvalue weighted by atomic mass is 32.1. The van der Waals surface area contributed by atoms with Crippen molar-refractivity contribution in [2.75, 3.05) is 39.4 Å². The van der Waals surface area contributed by atoms with Gasteiger partial charge in [0.25, 0.3) is 4.84 Å². The standard InChI is InChI=1S/C23H32N4O3S/c1-23(2,3)19-6-4-17(5-7-19)20-24-27(22(31)30-20)16-25-10-8-18(9-11-25)21(28)26-12-14-29-15-13-26/h4-7,18H,8-16H2,1-3H3. The molecule has 0 aliphatic carbocycles. The van der Waals surface area contributed by atoms with E-state index in [0.29, 0.717) is 43.7 Å². The molecule has 31 heavy (non-hydrogen) atoms. The van der Waals surface area contributed by atoms with Crippen LogP contribution in [0.2, 0.25) is 0 Å². The third-order valence-electron chi connectivity index (χ3n) is 6.20. The van der Waals surface area contributed by atoms with Crippen LogP contribution in [0.1, 0.15) is 39.2 Å². The monoisotopic (exact) mass is 444 g/mol. The molecule has 168 valence electrons. The molecule has 1 aromatic carbocycles. The molecule has 2 aromatic rings. The van der Waals surface area contributed by atoms with Crippen molar-refractivity contribution in [1.29, 1.82) is 0 Å². The first-order valence-corrected chi connectivity index (χ1v) is 11.5. The van der Waals surface area contributed by atoms with Crippen LogP contribution in [0.4, 0.5) is 0 Å². The molecule has 7 nitrogen and oxygen atoms in total. The van der Waals surface area contributed by atoms with Crippen molar-refractivity contribution in [3.8, 4) is 11.5 Å². The Bertz CT molecular complexity index is 946. The van der Waals surface area contributed by atoms with E-state index in [1.54, 1.807) is 4.68 Å². The quantitative estimate of drug-likeness (QED) is 0.670. The molecule has 0 radical (unpaired) electrons. The maximum Gasteiger partial charge on any atom is 0.288 e. The van der Waals surface area contributed by atoms with Gasteiger partial charge in [0.2, 0.25) is 11.8 Å². The van der Waals surface area contributed by atoms with E-state index in [1.807, 2.05) is 17.0 Å². The fourth-order valence-electron chi connectivity index (χ4n) is 4.18. The van der Waals surface area contributed by atoms with Crippen LogP contribution in [0.15, 0.2) is 28.7 Å². The van der Waals surface area contributed by atoms with E-state index in [9.17, 15) is 4.79 Å². The second-order valence-corrected chi connectivity index (χ2v) is 9.82. The molecule has 1 amide bonds. The van der Waals surface area contributed by atoms with E-state index in [1.165, 1.54) is 5.56 Å². The number of nitrogens with zero attached hydrogens (tertiary/aromatic N) is 4. The zero-order chi connectivity index (χ0) is 22.0. The van der Waals surface area contributed by atoms with Gasteiger partial charge in [0.05, 0.1) is 19.9 Å². The lowest BCUT2D eigenvalue weighted by molar-refractivity contribution is -0.141. The zero-order valence-electron chi connectivity index (χ0n) is 18.7.